The number of nitrogens with one attached hydrogen (secondary N) is 1. The summed E-state index contributed by atoms with van der Waals surface area (Å²) in [4.78, 5) is 14.4. The van der Waals surface area contributed by atoms with E-state index in [4.69, 9.17) is 14.0 Å². The molecular formula is C19H25N3O4. The van der Waals surface area contributed by atoms with Gasteiger partial charge in [0.05, 0.1) is 12.1 Å². The molecule has 0 radical (unpaired) electrons. The second-order valence-electron chi connectivity index (χ2n) is 6.16. The van der Waals surface area contributed by atoms with Gasteiger partial charge >= 0.3 is 0 Å². The van der Waals surface area contributed by atoms with Crippen LogP contribution in [0, 0.1) is 0 Å². The van der Waals surface area contributed by atoms with Gasteiger partial charge in [0.15, 0.2) is 17.3 Å². The van der Waals surface area contributed by atoms with Crippen molar-refractivity contribution >= 4 is 5.91 Å². The van der Waals surface area contributed by atoms with E-state index in [-0.39, 0.29) is 19.1 Å². The Morgan fingerprint density at radius 1 is 1.19 bits per heavy atom. The SMILES string of the molecule is CCN(CC)CCCNC(=O)Cc1cc(-c2ccc3c(c2)OCO3)on1. The Bertz CT molecular complexity index is 740. The summed E-state index contributed by atoms with van der Waals surface area (Å²) in [6.45, 7) is 8.25. The van der Waals surface area contributed by atoms with Crippen LogP contribution in [0.25, 0.3) is 11.3 Å². The summed E-state index contributed by atoms with van der Waals surface area (Å²) in [5, 5.41) is 6.93. The van der Waals surface area contributed by atoms with Crippen LogP contribution in [-0.2, 0) is 11.2 Å². The minimum atomic E-state index is -0.0462. The molecule has 0 spiro atoms. The summed E-state index contributed by atoms with van der Waals surface area (Å²) < 4.78 is 16.0. The first-order chi connectivity index (χ1) is 12.7. The third-order valence-electron chi connectivity index (χ3n) is 4.43. The standard InChI is InChI=1S/C19H25N3O4/c1-3-22(4-2)9-5-8-20-19(23)12-15-11-17(26-21-15)14-6-7-16-18(10-14)25-13-24-16/h6-7,10-11H,3-5,8-9,12-13H2,1-2H3,(H,20,23). The van der Waals surface area contributed by atoms with Gasteiger partial charge in [-0.05, 0) is 44.3 Å². The zero-order chi connectivity index (χ0) is 18.4. The number of aromatic nitrogens is 1. The number of rotatable bonds is 9. The molecule has 3 rings (SSSR count). The molecule has 7 heteroatoms. The first kappa shape index (κ1) is 18.3. The Balaban J connectivity index is 1.48. The van der Waals surface area contributed by atoms with Crippen molar-refractivity contribution in [2.45, 2.75) is 26.7 Å². The molecule has 140 valence electrons. The highest BCUT2D eigenvalue weighted by atomic mass is 16.7. The lowest BCUT2D eigenvalue weighted by molar-refractivity contribution is -0.120. The number of fused-ring (bicyclic) bond motifs is 1. The summed E-state index contributed by atoms with van der Waals surface area (Å²) in [6.07, 6.45) is 1.15. The minimum absolute atomic E-state index is 0.0462. The van der Waals surface area contributed by atoms with E-state index < -0.39 is 0 Å². The maximum atomic E-state index is 12.1. The van der Waals surface area contributed by atoms with Crippen molar-refractivity contribution in [3.8, 4) is 22.8 Å². The number of hydrogen-bond acceptors (Lipinski definition) is 6. The number of amides is 1. The van der Waals surface area contributed by atoms with Gasteiger partial charge in [-0.25, -0.2) is 0 Å². The number of benzene rings is 1. The molecule has 1 N–H and O–H groups in total. The lowest BCUT2D eigenvalue weighted by Crippen LogP contribution is -2.30. The lowest BCUT2D eigenvalue weighted by Gasteiger charge is -2.17. The quantitative estimate of drug-likeness (QED) is 0.693. The number of ether oxygens (including phenoxy) is 2. The van der Waals surface area contributed by atoms with Crippen molar-refractivity contribution in [3.63, 3.8) is 0 Å². The molecule has 0 saturated heterocycles. The molecule has 0 aliphatic carbocycles. The maximum absolute atomic E-state index is 12.1. The highest BCUT2D eigenvalue weighted by Gasteiger charge is 2.16. The van der Waals surface area contributed by atoms with Crippen LogP contribution in [0.4, 0.5) is 0 Å². The molecule has 0 atom stereocenters. The fourth-order valence-corrected chi connectivity index (χ4v) is 2.88. The van der Waals surface area contributed by atoms with Crippen LogP contribution in [0.3, 0.4) is 0 Å². The molecule has 2 aromatic rings. The first-order valence-electron chi connectivity index (χ1n) is 9.04. The molecule has 0 bridgehead atoms. The summed E-state index contributed by atoms with van der Waals surface area (Å²) in [7, 11) is 0. The maximum Gasteiger partial charge on any atom is 0.231 e. The Hall–Kier alpha value is -2.54. The fraction of sp³-hybridized carbons (Fsp3) is 0.474. The second-order valence-corrected chi connectivity index (χ2v) is 6.16. The average molecular weight is 359 g/mol. The van der Waals surface area contributed by atoms with Crippen molar-refractivity contribution in [1.29, 1.82) is 0 Å². The number of hydrogen-bond donors (Lipinski definition) is 1. The Labute approximate surface area is 153 Å². The minimum Gasteiger partial charge on any atom is -0.454 e. The third kappa shape index (κ3) is 4.54. The molecular weight excluding hydrogens is 334 g/mol. The molecule has 0 saturated carbocycles. The highest BCUT2D eigenvalue weighted by Crippen LogP contribution is 2.35. The molecule has 1 aromatic heterocycles. The van der Waals surface area contributed by atoms with Gasteiger partial charge in [-0.15, -0.1) is 0 Å². The first-order valence-corrected chi connectivity index (χ1v) is 9.04. The molecule has 2 heterocycles. The molecule has 1 aliphatic heterocycles. The van der Waals surface area contributed by atoms with Gasteiger partial charge in [0.25, 0.3) is 0 Å². The molecule has 26 heavy (non-hydrogen) atoms. The summed E-state index contributed by atoms with van der Waals surface area (Å²) in [6, 6.07) is 7.35. The zero-order valence-corrected chi connectivity index (χ0v) is 15.3. The van der Waals surface area contributed by atoms with Crippen LogP contribution >= 0.6 is 0 Å². The third-order valence-corrected chi connectivity index (χ3v) is 4.43. The Morgan fingerprint density at radius 2 is 2.00 bits per heavy atom. The van der Waals surface area contributed by atoms with Crippen molar-refractivity contribution in [2.75, 3.05) is 33.0 Å². The molecule has 1 aromatic carbocycles. The van der Waals surface area contributed by atoms with Gasteiger partial charge in [0.1, 0.15) is 0 Å². The van der Waals surface area contributed by atoms with Gasteiger partial charge in [0.2, 0.25) is 12.7 Å². The van der Waals surface area contributed by atoms with E-state index in [1.807, 2.05) is 18.2 Å². The number of carbonyl (C=O) groups is 1. The molecule has 0 unspecified atom stereocenters. The van der Waals surface area contributed by atoms with Gasteiger partial charge in [-0.1, -0.05) is 19.0 Å². The predicted octanol–water partition coefficient (Wildman–Crippen LogP) is 2.46. The van der Waals surface area contributed by atoms with Crippen molar-refractivity contribution in [1.82, 2.24) is 15.4 Å². The second kappa shape index (κ2) is 8.71. The number of carbonyl (C=O) groups excluding carboxylic acids is 1. The normalized spacial score (nSPS) is 12.6. The highest BCUT2D eigenvalue weighted by molar-refractivity contribution is 5.78. The van der Waals surface area contributed by atoms with Crippen LogP contribution in [-0.4, -0.2) is 48.9 Å². The number of nitrogens with zero attached hydrogens (tertiary/aromatic N) is 2. The summed E-state index contributed by atoms with van der Waals surface area (Å²) in [5.74, 6) is 1.96. The molecule has 1 amide bonds. The van der Waals surface area contributed by atoms with Crippen LogP contribution < -0.4 is 14.8 Å². The van der Waals surface area contributed by atoms with Crippen LogP contribution in [0.2, 0.25) is 0 Å². The van der Waals surface area contributed by atoms with Crippen molar-refractivity contribution in [2.24, 2.45) is 0 Å². The van der Waals surface area contributed by atoms with E-state index in [0.717, 1.165) is 37.4 Å². The smallest absolute Gasteiger partial charge is 0.231 e. The van der Waals surface area contributed by atoms with E-state index in [0.29, 0.717) is 23.7 Å². The molecule has 1 aliphatic rings. The average Bonchev–Trinajstić information content (AvgIpc) is 3.30. The lowest BCUT2D eigenvalue weighted by atomic mass is 10.1. The van der Waals surface area contributed by atoms with Crippen molar-refractivity contribution < 1.29 is 18.8 Å². The van der Waals surface area contributed by atoms with Gasteiger partial charge < -0.3 is 24.2 Å². The van der Waals surface area contributed by atoms with Gasteiger partial charge in [-0.3, -0.25) is 4.79 Å². The van der Waals surface area contributed by atoms with E-state index >= 15 is 0 Å². The van der Waals surface area contributed by atoms with E-state index in [1.165, 1.54) is 0 Å². The Morgan fingerprint density at radius 3 is 2.81 bits per heavy atom. The summed E-state index contributed by atoms with van der Waals surface area (Å²) >= 11 is 0. The fourth-order valence-electron chi connectivity index (χ4n) is 2.88. The van der Waals surface area contributed by atoms with Crippen LogP contribution in [0.5, 0.6) is 11.5 Å². The zero-order valence-electron chi connectivity index (χ0n) is 15.3. The van der Waals surface area contributed by atoms with Crippen LogP contribution in [0.1, 0.15) is 26.0 Å². The van der Waals surface area contributed by atoms with Crippen molar-refractivity contribution in [3.05, 3.63) is 30.0 Å². The molecule has 7 nitrogen and oxygen atoms in total. The largest absolute Gasteiger partial charge is 0.454 e. The predicted molar refractivity (Wildman–Crippen MR) is 97.2 cm³/mol. The van der Waals surface area contributed by atoms with E-state index in [9.17, 15) is 4.79 Å². The summed E-state index contributed by atoms with van der Waals surface area (Å²) in [5.41, 5.74) is 1.45. The van der Waals surface area contributed by atoms with Gasteiger partial charge in [-0.2, -0.15) is 0 Å². The van der Waals surface area contributed by atoms with E-state index in [2.05, 4.69) is 29.2 Å². The van der Waals surface area contributed by atoms with E-state index in [1.54, 1.807) is 6.07 Å². The van der Waals surface area contributed by atoms with Crippen LogP contribution in [0.15, 0.2) is 28.8 Å². The van der Waals surface area contributed by atoms with Gasteiger partial charge in [0, 0.05) is 18.2 Å². The monoisotopic (exact) mass is 359 g/mol. The Kier molecular flexibility index (Phi) is 6.12. The molecule has 0 fully saturated rings. The topological polar surface area (TPSA) is 76.8 Å².